The highest BCUT2D eigenvalue weighted by Crippen LogP contribution is 2.26. The van der Waals surface area contributed by atoms with Gasteiger partial charge in [0.15, 0.2) is 0 Å². The van der Waals surface area contributed by atoms with E-state index in [4.69, 9.17) is 23.9 Å². The molecule has 0 aromatic heterocycles. The van der Waals surface area contributed by atoms with Crippen molar-refractivity contribution in [3.63, 3.8) is 0 Å². The largest absolute Gasteiger partial charge is 0.313 e. The van der Waals surface area contributed by atoms with E-state index >= 15 is 0 Å². The Bertz CT molecular complexity index is 640. The monoisotopic (exact) mass is 218 g/mol. The topological polar surface area (TPSA) is 12.0 Å². The van der Waals surface area contributed by atoms with Crippen LogP contribution in [0.5, 0.6) is 0 Å². The van der Waals surface area contributed by atoms with E-state index in [-0.39, 0.29) is 16.1 Å². The van der Waals surface area contributed by atoms with Crippen LogP contribution in [0.3, 0.4) is 0 Å². The first-order chi connectivity index (χ1) is 10.1. The molecule has 0 saturated heterocycles. The van der Waals surface area contributed by atoms with Gasteiger partial charge in [0.25, 0.3) is 0 Å². The van der Waals surface area contributed by atoms with Crippen LogP contribution in [0.2, 0.25) is 5.02 Å². The highest BCUT2D eigenvalue weighted by molar-refractivity contribution is 6.30. The zero-order chi connectivity index (χ0) is 18.1. The van der Waals surface area contributed by atoms with E-state index in [9.17, 15) is 0 Å². The van der Waals surface area contributed by atoms with Gasteiger partial charge < -0.3 is 5.32 Å². The molecule has 1 aromatic rings. The zero-order valence-corrected chi connectivity index (χ0v) is 8.37. The van der Waals surface area contributed by atoms with Crippen LogP contribution >= 0.6 is 11.6 Å². The summed E-state index contributed by atoms with van der Waals surface area (Å²) in [5, 5.41) is 2.14. The maximum absolute atomic E-state index is 8.44. The number of halogens is 1. The van der Waals surface area contributed by atoms with E-state index in [0.29, 0.717) is 0 Å². The van der Waals surface area contributed by atoms with Gasteiger partial charge in [-0.1, -0.05) is 24.5 Å². The molecule has 2 rings (SSSR count). The van der Waals surface area contributed by atoms with Crippen molar-refractivity contribution in [3.8, 4) is 0 Å². The van der Waals surface area contributed by atoms with E-state index in [1.54, 1.807) is 0 Å². The van der Waals surface area contributed by atoms with Crippen molar-refractivity contribution in [1.82, 2.24) is 5.32 Å². The van der Waals surface area contributed by atoms with Crippen LogP contribution in [0.15, 0.2) is 18.2 Å². The van der Waals surface area contributed by atoms with Crippen molar-refractivity contribution in [2.75, 3.05) is 6.50 Å². The minimum atomic E-state index is -3.13. The van der Waals surface area contributed by atoms with Gasteiger partial charge in [-0.3, -0.25) is 0 Å². The highest BCUT2D eigenvalue weighted by atomic mass is 35.5. The summed E-state index contributed by atoms with van der Waals surface area (Å²) in [6.07, 6.45) is -2.45. The molecule has 1 nitrogen and oxygen atoms in total. The summed E-state index contributed by atoms with van der Waals surface area (Å²) < 4.78 is 72.2. The smallest absolute Gasteiger partial charge is 0.0465 e. The van der Waals surface area contributed by atoms with Crippen LogP contribution in [0.4, 0.5) is 0 Å². The van der Waals surface area contributed by atoms with E-state index in [1.165, 1.54) is 12.1 Å². The molecule has 2 atom stereocenters. The lowest BCUT2D eigenvalue weighted by Crippen LogP contribution is -2.28. The minimum absolute atomic E-state index is 0.0600. The molecule has 14 heavy (non-hydrogen) atoms. The quantitative estimate of drug-likeness (QED) is 0.706. The van der Waals surface area contributed by atoms with Crippen molar-refractivity contribution in [1.29, 1.82) is 0 Å². The van der Waals surface area contributed by atoms with Gasteiger partial charge in [0.1, 0.15) is 0 Å². The maximum atomic E-state index is 8.44. The molecule has 1 N–H and O–H groups in total. The van der Waals surface area contributed by atoms with E-state index in [1.807, 2.05) is 0 Å². The van der Waals surface area contributed by atoms with Crippen molar-refractivity contribution in [2.24, 2.45) is 0 Å². The normalized spacial score (nSPS) is 54.9. The Morgan fingerprint density at radius 2 is 2.57 bits per heavy atom. The number of benzene rings is 1. The average molecular weight is 219 g/mol. The number of rotatable bonds is 0. The predicted octanol–water partition coefficient (Wildman–Crippen LogP) is 2.98. The summed E-state index contributed by atoms with van der Waals surface area (Å²) in [4.78, 5) is 0. The fraction of sp³-hybridized carbons (Fsp3) is 0.500. The third-order valence-electron chi connectivity index (χ3n) is 1.95. The lowest BCUT2D eigenvalue weighted by Gasteiger charge is -2.11. The third kappa shape index (κ3) is 1.94. The Labute approximate surface area is 103 Å². The van der Waals surface area contributed by atoms with E-state index in [0.717, 1.165) is 13.0 Å². The summed E-state index contributed by atoms with van der Waals surface area (Å²) in [6, 6.07) is 1.43. The zero-order valence-electron chi connectivity index (χ0n) is 16.6. The molecule has 0 fully saturated rings. The number of hydrogen-bond acceptors (Lipinski definition) is 1. The molecular weight excluding hydrogens is 194 g/mol. The summed E-state index contributed by atoms with van der Waals surface area (Å²) in [6.45, 7) is -4.92. The second-order valence-corrected chi connectivity index (χ2v) is 3.50. The Hall–Kier alpha value is -0.530. The van der Waals surface area contributed by atoms with Crippen LogP contribution in [0.25, 0.3) is 0 Å². The molecule has 0 aliphatic carbocycles. The van der Waals surface area contributed by atoms with Crippen molar-refractivity contribution in [2.45, 2.75) is 32.1 Å². The van der Waals surface area contributed by atoms with Crippen LogP contribution < -0.4 is 5.32 Å². The third-order valence-corrected chi connectivity index (χ3v) is 2.18. The SMILES string of the molecule is [2H]C1(C)NC([2H])([2H])[C@]([2H])(C([2H])([2H])[2H])c2cc(Cl)ccc2C1([2H])[2H]. The standard InChI is InChI=1S/C12H16ClN/c1-8-7-14-9(2)5-10-3-4-11(13)6-12(8)10/h3-4,6,8-9,14H,5,7H2,1-2H3/t8-,9?/m0/s1/i1D3,5D2,7D2,8D,9D. The second kappa shape index (κ2) is 3.92. The number of fused-ring (bicyclic) bond motifs is 1. The Balaban J connectivity index is 2.98. The molecule has 0 saturated carbocycles. The fourth-order valence-corrected chi connectivity index (χ4v) is 1.46. The van der Waals surface area contributed by atoms with Crippen LogP contribution in [0, 0.1) is 0 Å². The average Bonchev–Trinajstić information content (AvgIpc) is 2.36. The molecule has 0 spiro atoms. The molecule has 1 aromatic carbocycles. The molecule has 2 heteroatoms. The summed E-state index contributed by atoms with van der Waals surface area (Å²) >= 11 is 5.89. The summed E-state index contributed by atoms with van der Waals surface area (Å²) in [7, 11) is 0. The Morgan fingerprint density at radius 1 is 1.71 bits per heavy atom. The van der Waals surface area contributed by atoms with Gasteiger partial charge in [-0.2, -0.15) is 0 Å². The second-order valence-electron chi connectivity index (χ2n) is 3.06. The van der Waals surface area contributed by atoms with E-state index in [2.05, 4.69) is 5.32 Å². The minimum Gasteiger partial charge on any atom is -0.313 e. The summed E-state index contributed by atoms with van der Waals surface area (Å²) in [5.41, 5.74) is -0.622. The van der Waals surface area contributed by atoms with Gasteiger partial charge in [0.2, 0.25) is 0 Å². The first-order valence-electron chi connectivity index (χ1n) is 8.68. The van der Waals surface area contributed by atoms with Gasteiger partial charge in [-0.05, 0) is 42.5 Å². The molecular formula is C12H16ClN. The first-order valence-corrected chi connectivity index (χ1v) is 4.55. The predicted molar refractivity (Wildman–Crippen MR) is 61.0 cm³/mol. The number of hydrogen-bond donors (Lipinski definition) is 1. The van der Waals surface area contributed by atoms with Crippen molar-refractivity contribution in [3.05, 3.63) is 34.3 Å². The molecule has 1 aliphatic rings. The maximum Gasteiger partial charge on any atom is 0.0465 e. The molecule has 1 unspecified atom stereocenters. The molecule has 0 radical (unpaired) electrons. The molecule has 0 bridgehead atoms. The lowest BCUT2D eigenvalue weighted by atomic mass is 9.95. The van der Waals surface area contributed by atoms with Gasteiger partial charge >= 0.3 is 0 Å². The highest BCUT2D eigenvalue weighted by Gasteiger charge is 2.17. The summed E-state index contributed by atoms with van der Waals surface area (Å²) in [5.74, 6) is -2.84. The van der Waals surface area contributed by atoms with Gasteiger partial charge in [-0.15, -0.1) is 0 Å². The number of nitrogens with one attached hydrogen (secondary N) is 1. The van der Waals surface area contributed by atoms with Crippen LogP contribution in [-0.2, 0) is 6.37 Å². The fourth-order valence-electron chi connectivity index (χ4n) is 1.29. The molecule has 1 heterocycles. The van der Waals surface area contributed by atoms with Crippen LogP contribution in [-0.4, -0.2) is 12.5 Å². The lowest BCUT2D eigenvalue weighted by molar-refractivity contribution is 0.541. The molecule has 1 aliphatic heterocycles. The van der Waals surface area contributed by atoms with Gasteiger partial charge in [0, 0.05) is 29.9 Å². The Kier molecular flexibility index (Phi) is 1.06. The van der Waals surface area contributed by atoms with Gasteiger partial charge in [-0.25, -0.2) is 0 Å². The van der Waals surface area contributed by atoms with E-state index < -0.39 is 31.6 Å². The van der Waals surface area contributed by atoms with Crippen LogP contribution in [0.1, 0.15) is 43.1 Å². The van der Waals surface area contributed by atoms with Crippen molar-refractivity contribution >= 4 is 11.6 Å². The Morgan fingerprint density at radius 3 is 3.36 bits per heavy atom. The molecule has 0 amide bonds. The first kappa shape index (κ1) is 3.80. The molecule has 76 valence electrons. The van der Waals surface area contributed by atoms with Gasteiger partial charge in [0.05, 0.1) is 0 Å². The van der Waals surface area contributed by atoms with Crippen molar-refractivity contribution < 1.29 is 12.3 Å².